The molecule has 0 aliphatic heterocycles. The highest BCUT2D eigenvalue weighted by Gasteiger charge is 2.44. The molecule has 3 radical (unpaired) electrons. The Morgan fingerprint density at radius 1 is 0.517 bits per heavy atom. The summed E-state index contributed by atoms with van der Waals surface area (Å²) in [5, 5.41) is 25.1. The van der Waals surface area contributed by atoms with Gasteiger partial charge in [0, 0.05) is 43.8 Å². The minimum Gasteiger partial charge on any atom is -0.393 e. The largest absolute Gasteiger partial charge is 0.679 e. The molecule has 3 atom stereocenters. The van der Waals surface area contributed by atoms with Crippen LogP contribution in [0.25, 0.3) is 0 Å². The highest BCUT2D eigenvalue weighted by Crippen LogP contribution is 2.11. The van der Waals surface area contributed by atoms with Crippen molar-refractivity contribution in [2.45, 2.75) is 107 Å². The van der Waals surface area contributed by atoms with E-state index in [1.807, 2.05) is 48.5 Å². The predicted molar refractivity (Wildman–Crippen MR) is 124 cm³/mol. The normalized spacial score (nSPS) is 13.1. The van der Waals surface area contributed by atoms with Crippen LogP contribution in [0.2, 0.25) is 0 Å². The van der Waals surface area contributed by atoms with Crippen LogP contribution < -0.4 is 0 Å². The Kier molecular flexibility index (Phi) is 42.2. The molecule has 0 amide bonds. The molecule has 0 spiro atoms. The first-order chi connectivity index (χ1) is 13.1. The molecular weight excluding hydrogens is 407 g/mol. The molecule has 0 aromatic heterocycles. The van der Waals surface area contributed by atoms with Crippen LogP contribution in [0.3, 0.4) is 0 Å². The van der Waals surface area contributed by atoms with Gasteiger partial charge >= 0.3 is 9.05 Å². The molecule has 0 aromatic rings. The van der Waals surface area contributed by atoms with E-state index in [9.17, 15) is 0 Å². The van der Waals surface area contributed by atoms with E-state index in [1.165, 1.54) is 0 Å². The lowest BCUT2D eigenvalue weighted by molar-refractivity contribution is -0.0247. The van der Waals surface area contributed by atoms with Crippen molar-refractivity contribution in [2.75, 3.05) is 26.4 Å². The van der Waals surface area contributed by atoms with Crippen LogP contribution in [-0.2, 0) is 17.7 Å². The second-order valence-corrected chi connectivity index (χ2v) is 8.16. The number of hydrogen-bond acceptors (Lipinski definition) is 7. The van der Waals surface area contributed by atoms with Crippen molar-refractivity contribution in [1.29, 1.82) is 0 Å². The van der Waals surface area contributed by atoms with Gasteiger partial charge in [-0.1, -0.05) is 20.8 Å². The molecule has 9 heteroatoms. The van der Waals surface area contributed by atoms with Crippen molar-refractivity contribution in [3.63, 3.8) is 0 Å². The van der Waals surface area contributed by atoms with Gasteiger partial charge in [0.15, 0.2) is 0 Å². The lowest BCUT2D eigenvalue weighted by Crippen LogP contribution is -2.49. The molecule has 0 saturated carbocycles. The van der Waals surface area contributed by atoms with E-state index in [-0.39, 0.29) is 35.7 Å². The standard InChI is InChI=1S/C8H20O4Si.3C4H10O.Al/c1-5-9-13(10-6-2,11-7-3)12-8-4;3*1-3-4(2)5;/h5-8H2,1-4H3;3*4-5H,3H2,1-2H3;. The minimum absolute atomic E-state index is 0. The second kappa shape index (κ2) is 30.7. The van der Waals surface area contributed by atoms with E-state index in [2.05, 4.69) is 0 Å². The molecule has 0 fully saturated rings. The topological polar surface area (TPSA) is 97.6 Å². The summed E-state index contributed by atoms with van der Waals surface area (Å²) in [6.45, 7) is 21.0. The van der Waals surface area contributed by atoms with E-state index in [0.29, 0.717) is 26.4 Å². The Morgan fingerprint density at radius 2 is 0.655 bits per heavy atom. The molecule has 0 bridgehead atoms. The average molecular weight is 458 g/mol. The summed E-state index contributed by atoms with van der Waals surface area (Å²) in [5.74, 6) is 0. The summed E-state index contributed by atoms with van der Waals surface area (Å²) < 4.78 is 21.7. The fourth-order valence-electron chi connectivity index (χ4n) is 0.957. The maximum absolute atomic E-state index is 8.36. The molecule has 0 aromatic carbocycles. The first-order valence-electron chi connectivity index (χ1n) is 10.7. The first-order valence-corrected chi connectivity index (χ1v) is 12.3. The monoisotopic (exact) mass is 457 g/mol. The molecule has 3 N–H and O–H groups in total. The molecule has 179 valence electrons. The molecule has 0 heterocycles. The van der Waals surface area contributed by atoms with E-state index in [1.54, 1.807) is 20.8 Å². The molecule has 0 saturated heterocycles. The smallest absolute Gasteiger partial charge is 0.393 e. The van der Waals surface area contributed by atoms with Gasteiger partial charge in [-0.05, 0) is 67.7 Å². The Balaban J connectivity index is -0.0000001000. The highest BCUT2D eigenvalue weighted by atomic mass is 28.4. The lowest BCUT2D eigenvalue weighted by atomic mass is 10.3. The zero-order valence-electron chi connectivity index (χ0n) is 20.7. The fraction of sp³-hybridized carbons (Fsp3) is 1.00. The summed E-state index contributed by atoms with van der Waals surface area (Å²) in [6.07, 6.45) is 2.24. The van der Waals surface area contributed by atoms with Crippen LogP contribution in [0.4, 0.5) is 0 Å². The van der Waals surface area contributed by atoms with Gasteiger partial charge in [-0.2, -0.15) is 0 Å². The third kappa shape index (κ3) is 39.5. The van der Waals surface area contributed by atoms with Gasteiger partial charge < -0.3 is 33.0 Å². The molecular formula is C20H50AlO7Si. The molecule has 7 nitrogen and oxygen atoms in total. The Bertz CT molecular complexity index is 223. The predicted octanol–water partition coefficient (Wildman–Crippen LogP) is 3.52. The molecule has 29 heavy (non-hydrogen) atoms. The number of rotatable bonds is 11. The number of hydrogen-bond donors (Lipinski definition) is 3. The van der Waals surface area contributed by atoms with Crippen molar-refractivity contribution in [3.05, 3.63) is 0 Å². The summed E-state index contributed by atoms with van der Waals surface area (Å²) in [4.78, 5) is 0. The first kappa shape index (κ1) is 39.9. The van der Waals surface area contributed by atoms with Crippen molar-refractivity contribution in [3.8, 4) is 0 Å². The minimum atomic E-state index is -2.80. The molecule has 3 unspecified atom stereocenters. The maximum Gasteiger partial charge on any atom is 0.679 e. The summed E-state index contributed by atoms with van der Waals surface area (Å²) in [5.41, 5.74) is 0. The van der Waals surface area contributed by atoms with Crippen molar-refractivity contribution < 1.29 is 33.0 Å². The summed E-state index contributed by atoms with van der Waals surface area (Å²) in [6, 6.07) is 0. The Morgan fingerprint density at radius 3 is 0.724 bits per heavy atom. The average Bonchev–Trinajstić information content (AvgIpc) is 2.64. The van der Waals surface area contributed by atoms with Crippen molar-refractivity contribution in [1.82, 2.24) is 0 Å². The van der Waals surface area contributed by atoms with Crippen LogP contribution >= 0.6 is 0 Å². The van der Waals surface area contributed by atoms with Crippen LogP contribution in [0.15, 0.2) is 0 Å². The second-order valence-electron chi connectivity index (χ2n) is 6.00. The molecule has 0 aliphatic rings. The van der Waals surface area contributed by atoms with Gasteiger partial charge in [0.1, 0.15) is 0 Å². The van der Waals surface area contributed by atoms with Gasteiger partial charge in [0.05, 0.1) is 18.3 Å². The quantitative estimate of drug-likeness (QED) is 0.408. The number of aliphatic hydroxyl groups excluding tert-OH is 3. The van der Waals surface area contributed by atoms with Crippen LogP contribution in [0.1, 0.15) is 88.5 Å². The Hall–Kier alpha value is 0.469. The van der Waals surface area contributed by atoms with Crippen LogP contribution in [-0.4, -0.2) is 86.5 Å². The third-order valence-corrected chi connectivity index (χ3v) is 5.63. The van der Waals surface area contributed by atoms with E-state index in [4.69, 9.17) is 33.0 Å². The van der Waals surface area contributed by atoms with Gasteiger partial charge in [-0.25, -0.2) is 0 Å². The van der Waals surface area contributed by atoms with Gasteiger partial charge in [0.25, 0.3) is 0 Å². The third-order valence-electron chi connectivity index (χ3n) is 3.06. The van der Waals surface area contributed by atoms with E-state index < -0.39 is 9.05 Å². The maximum atomic E-state index is 8.36. The zero-order chi connectivity index (χ0) is 23.0. The Labute approximate surface area is 192 Å². The zero-order valence-corrected chi connectivity index (χ0v) is 22.9. The van der Waals surface area contributed by atoms with Crippen molar-refractivity contribution >= 4 is 26.4 Å². The van der Waals surface area contributed by atoms with Crippen LogP contribution in [0, 0.1) is 0 Å². The fourth-order valence-corrected chi connectivity index (χ4v) is 2.87. The molecule has 0 aliphatic carbocycles. The van der Waals surface area contributed by atoms with Gasteiger partial charge in [0.2, 0.25) is 0 Å². The van der Waals surface area contributed by atoms with Gasteiger partial charge in [-0.3, -0.25) is 0 Å². The lowest BCUT2D eigenvalue weighted by Gasteiger charge is -2.26. The molecule has 0 rings (SSSR count). The van der Waals surface area contributed by atoms with E-state index in [0.717, 1.165) is 19.3 Å². The number of aliphatic hydroxyl groups is 3. The summed E-state index contributed by atoms with van der Waals surface area (Å²) >= 11 is 0. The van der Waals surface area contributed by atoms with Crippen LogP contribution in [0.5, 0.6) is 0 Å². The highest BCUT2D eigenvalue weighted by molar-refractivity contribution is 6.53. The SMILES string of the molecule is CCC(C)O.CCC(C)O.CCC(C)O.CCO[Si](OCC)(OCC)OCC.[Al]. The van der Waals surface area contributed by atoms with Gasteiger partial charge in [-0.15, -0.1) is 0 Å². The van der Waals surface area contributed by atoms with E-state index >= 15 is 0 Å². The van der Waals surface area contributed by atoms with Crippen molar-refractivity contribution in [2.24, 2.45) is 0 Å². The summed E-state index contributed by atoms with van der Waals surface area (Å²) in [7, 11) is -2.80.